The number of cyclic esters (lactones) is 1. The fourth-order valence-electron chi connectivity index (χ4n) is 16.9. The van der Waals surface area contributed by atoms with Crippen molar-refractivity contribution in [2.45, 2.75) is 265 Å². The Morgan fingerprint density at radius 2 is 1.43 bits per heavy atom. The van der Waals surface area contributed by atoms with E-state index in [2.05, 4.69) is 20.5 Å². The van der Waals surface area contributed by atoms with Gasteiger partial charge < -0.3 is 128 Å². The summed E-state index contributed by atoms with van der Waals surface area (Å²) in [5.41, 5.74) is -4.84. The maximum absolute atomic E-state index is 14.4. The number of phenols is 3. The molecule has 0 radical (unpaired) electrons. The number of nitrogens with one attached hydrogen (secondary N) is 1. The van der Waals surface area contributed by atoms with E-state index in [0.29, 0.717) is 31.8 Å². The zero-order chi connectivity index (χ0) is 87.6. The number of carbonyl (C=O) groups excluding carboxylic acids is 4. The number of hydrogen-bond donors (Lipinski definition) is 11. The van der Waals surface area contributed by atoms with Crippen molar-refractivity contribution < 1.29 is 132 Å². The third-order valence-corrected chi connectivity index (χ3v) is 24.5. The summed E-state index contributed by atoms with van der Waals surface area (Å²) in [4.78, 5) is 64.4. The van der Waals surface area contributed by atoms with Gasteiger partial charge in [-0.05, 0) is 102 Å². The van der Waals surface area contributed by atoms with Crippen molar-refractivity contribution in [3.05, 3.63) is 52.8 Å². The lowest BCUT2D eigenvalue weighted by molar-refractivity contribution is -0.317. The van der Waals surface area contributed by atoms with Crippen molar-refractivity contribution >= 4 is 52.0 Å². The monoisotopic (exact) mass is 1660 g/mol. The second kappa shape index (κ2) is 41.2. The molecule has 0 unspecified atom stereocenters. The Bertz CT molecular complexity index is 3850. The van der Waals surface area contributed by atoms with Crippen LogP contribution in [0.1, 0.15) is 165 Å². The van der Waals surface area contributed by atoms with E-state index >= 15 is 0 Å². The minimum atomic E-state index is -2.04. The van der Waals surface area contributed by atoms with Crippen molar-refractivity contribution in [3.63, 3.8) is 0 Å². The molecule has 662 valence electrons. The number of hydrogen-bond acceptors (Lipinski definition) is 32. The molecule has 0 spiro atoms. The van der Waals surface area contributed by atoms with Crippen LogP contribution in [-0.2, 0) is 71.3 Å². The number of allylic oxidation sites excluding steroid dienone is 2. The number of anilines is 1. The van der Waals surface area contributed by atoms with Crippen LogP contribution in [0.3, 0.4) is 0 Å². The van der Waals surface area contributed by atoms with Crippen molar-refractivity contribution in [3.8, 4) is 23.0 Å². The number of carbonyl (C=O) groups is 4. The molecule has 7 aliphatic rings. The third-order valence-electron chi connectivity index (χ3n) is 24.5. The van der Waals surface area contributed by atoms with Gasteiger partial charge in [0.05, 0.1) is 120 Å². The number of ketones is 1. The summed E-state index contributed by atoms with van der Waals surface area (Å²) in [5.74, 6) is -12.5. The van der Waals surface area contributed by atoms with Crippen molar-refractivity contribution in [2.24, 2.45) is 57.6 Å². The number of amides is 1. The van der Waals surface area contributed by atoms with Crippen LogP contribution in [0, 0.1) is 54.3 Å². The Morgan fingerprint density at radius 1 is 0.769 bits per heavy atom. The van der Waals surface area contributed by atoms with E-state index < -0.39 is 191 Å². The van der Waals surface area contributed by atoms with E-state index in [1.54, 1.807) is 100 Å². The second-order valence-corrected chi connectivity index (χ2v) is 33.9. The van der Waals surface area contributed by atoms with Crippen LogP contribution in [0.5, 0.6) is 23.0 Å². The highest BCUT2D eigenvalue weighted by Gasteiger charge is 2.55. The summed E-state index contributed by atoms with van der Waals surface area (Å²) in [6.07, 6.45) is -4.63. The molecule has 2 aromatic carbocycles. The molecular formula is C84H134N6O27. The van der Waals surface area contributed by atoms with Crippen LogP contribution >= 0.6 is 0 Å². The van der Waals surface area contributed by atoms with Gasteiger partial charge in [0.15, 0.2) is 18.3 Å². The van der Waals surface area contributed by atoms with Gasteiger partial charge in [0.2, 0.25) is 6.79 Å². The van der Waals surface area contributed by atoms with E-state index in [0.717, 1.165) is 13.1 Å². The third kappa shape index (κ3) is 22.3. The fourth-order valence-corrected chi connectivity index (χ4v) is 16.9. The van der Waals surface area contributed by atoms with Gasteiger partial charge in [-0.1, -0.05) is 78.8 Å². The summed E-state index contributed by atoms with van der Waals surface area (Å²) >= 11 is 0. The molecule has 11 N–H and O–H groups in total. The molecule has 5 bridgehead atoms. The Balaban J connectivity index is 0.000000323. The number of nitrogens with zero attached hydrogens (tertiary/aromatic N) is 5. The number of methoxy groups -OCH3 is 3. The maximum Gasteiger partial charge on any atom is 0.312 e. The number of ether oxygens (including phenoxy) is 12. The van der Waals surface area contributed by atoms with Gasteiger partial charge in [0.1, 0.15) is 47.3 Å². The molecule has 0 aliphatic carbocycles. The number of hydrazone groups is 1. The lowest BCUT2D eigenvalue weighted by Crippen LogP contribution is -2.61. The first kappa shape index (κ1) is 97.4. The lowest BCUT2D eigenvalue weighted by atomic mass is 9.73. The Labute approximate surface area is 688 Å². The lowest BCUT2D eigenvalue weighted by Gasteiger charge is -2.49. The number of phenolic OH excluding ortho intramolecular Hbond substituents is 3. The number of likely N-dealkylation sites (N-methyl/N-ethyl adjacent to an activating group) is 2. The normalized spacial score (nSPS) is 38.9. The first-order chi connectivity index (χ1) is 54.7. The molecule has 7 heterocycles. The van der Waals surface area contributed by atoms with Crippen molar-refractivity contribution in [1.29, 1.82) is 0 Å². The topological polar surface area (TPSA) is 437 Å². The van der Waals surface area contributed by atoms with Crippen molar-refractivity contribution in [2.75, 3.05) is 94.0 Å². The van der Waals surface area contributed by atoms with Gasteiger partial charge in [0, 0.05) is 132 Å². The Morgan fingerprint density at radius 3 is 2.03 bits per heavy atom. The molecule has 7 aliphatic heterocycles. The van der Waals surface area contributed by atoms with Crippen LogP contribution in [0.25, 0.3) is 10.8 Å². The van der Waals surface area contributed by atoms with Crippen LogP contribution < -0.4 is 10.1 Å². The van der Waals surface area contributed by atoms with Gasteiger partial charge >= 0.3 is 17.7 Å². The van der Waals surface area contributed by atoms with E-state index in [-0.39, 0.29) is 89.3 Å². The molecule has 2 aromatic rings. The number of oxime groups is 1. The molecule has 0 aromatic heterocycles. The number of piperazine rings is 1. The summed E-state index contributed by atoms with van der Waals surface area (Å²) in [7, 11) is 10.2. The first-order valence-corrected chi connectivity index (χ1v) is 40.5. The molecule has 1 amide bonds. The number of Topliss-reactive ketones (excluding diaryl/α,β-unsaturated/α-hetero) is 1. The number of benzene rings is 2. The van der Waals surface area contributed by atoms with Crippen molar-refractivity contribution in [1.82, 2.24) is 14.8 Å². The minimum absolute atomic E-state index is 0.0307. The van der Waals surface area contributed by atoms with Crippen LogP contribution in [-0.4, -0.2) is 305 Å². The van der Waals surface area contributed by atoms with Gasteiger partial charge in [-0.15, -0.1) is 0 Å². The highest BCUT2D eigenvalue weighted by Crippen LogP contribution is 2.55. The molecule has 9 rings (SSSR count). The molecule has 27 atom stereocenters. The summed E-state index contributed by atoms with van der Waals surface area (Å²) in [6.45, 7) is 32.4. The van der Waals surface area contributed by atoms with Crippen LogP contribution in [0.15, 0.2) is 46.4 Å². The Hall–Kier alpha value is -6.74. The SMILES string of the molecule is CC[C@H]1OC(=O)[C@H](C)[C@H](O[C@H]2C[C@@](C)(OC)[C@@H](O)[C@H](C)O2)[C@H](C)[C@@H](O[C@@H]2O[C@H](C)C[C@H](N(C)C)[C@H]2O)[C@](C)(O)C[C@@H](C)/C(=N\OCOCCOC)[C@H](C)[C@@H](O)[C@]1(C)O.CO[C@H]1/C=C/O[C@@]2(C)Oc3c(C)c(O)c4c(O)c(c(/C=N\N5CCN(C)CC5)c(O)c4c3C2=O)NC(=O)/C(C)=C\C=C\[C@@H](C)[C@H](O)[C@@H](C)[C@H](O)[C@@H](C)[C@H](OC(C)=O)[C@@H]1C. The average Bonchev–Trinajstić information content (AvgIpc) is 1.61. The molecule has 4 saturated heterocycles. The summed E-state index contributed by atoms with van der Waals surface area (Å²) in [6, 6.07) is -0.328. The highest BCUT2D eigenvalue weighted by atomic mass is 16.7. The molecule has 33 nitrogen and oxygen atoms in total. The predicted molar refractivity (Wildman–Crippen MR) is 433 cm³/mol. The predicted octanol–water partition coefficient (Wildman–Crippen LogP) is 6.55. The molecular weight excluding hydrogens is 1520 g/mol. The largest absolute Gasteiger partial charge is 0.507 e. The number of aromatic hydroxyl groups is 3. The molecule has 117 heavy (non-hydrogen) atoms. The number of esters is 2. The van der Waals surface area contributed by atoms with Gasteiger partial charge in [-0.2, -0.15) is 5.10 Å². The summed E-state index contributed by atoms with van der Waals surface area (Å²) in [5, 5.41) is 130. The smallest absolute Gasteiger partial charge is 0.312 e. The average molecular weight is 1660 g/mol. The zero-order valence-electron chi connectivity index (χ0n) is 72.7. The molecule has 0 saturated carbocycles. The Kier molecular flexibility index (Phi) is 34.3. The molecule has 4 fully saturated rings. The van der Waals surface area contributed by atoms with Gasteiger partial charge in [-0.3, -0.25) is 24.2 Å². The van der Waals surface area contributed by atoms with E-state index in [1.807, 2.05) is 39.9 Å². The fraction of sp³-hybridized carbons (Fsp3) is 0.738. The second-order valence-electron chi connectivity index (χ2n) is 33.9. The summed E-state index contributed by atoms with van der Waals surface area (Å²) < 4.78 is 71.7. The first-order valence-electron chi connectivity index (χ1n) is 40.5. The number of rotatable bonds is 17. The number of aliphatic hydroxyl groups excluding tert-OH is 5. The number of fused-ring (bicyclic) bond motifs is 14. The highest BCUT2D eigenvalue weighted by molar-refractivity contribution is 6.24. The quantitative estimate of drug-likeness (QED) is 0.0152. The number of aliphatic hydroxyl groups is 7. The van der Waals surface area contributed by atoms with E-state index in [1.165, 1.54) is 73.5 Å². The minimum Gasteiger partial charge on any atom is -0.507 e. The van der Waals surface area contributed by atoms with E-state index in [9.17, 15) is 70.2 Å². The maximum atomic E-state index is 14.4. The van der Waals surface area contributed by atoms with Gasteiger partial charge in [-0.25, -0.2) is 0 Å². The van der Waals surface area contributed by atoms with E-state index in [4.69, 9.17) is 61.7 Å². The zero-order valence-corrected chi connectivity index (χ0v) is 72.7. The molecule has 33 heteroatoms. The van der Waals surface area contributed by atoms with Crippen LogP contribution in [0.4, 0.5) is 5.69 Å². The van der Waals surface area contributed by atoms with Gasteiger partial charge in [0.25, 0.3) is 11.7 Å². The van der Waals surface area contributed by atoms with Crippen LogP contribution in [0.2, 0.25) is 0 Å². The standard InChI is InChI=1S/C43H58N4O12.C41H76N2O15/c1-21-12-11-13-22(2)42(55)45-33-28(20-44-47-17-15-46(9)16-18-47)37(52)30-31(38(33)53)36(51)26(6)40-32(30)41(54)43(8,59-40)57-19-14-29(56-10)23(3)39(58-27(7)48)25(5)35(50)24(4)34(21)49;1-15-29-41(10,49)34(45)24(4)31(42-53-21-52-17-16-50-13)22(2)19-39(8,48)36(58-38-32(44)28(43(11)12)18-23(3)54-38)25(5)33(26(6)37(47)56-29)57-30-20-40(9,51-14)35(46)27(7)55-30/h11-14,19-21,23-25,29,34-35,39,49-53H,15-18H2,1-10H3,(H,45,55);22-30,32-36,38,44-46,48-49H,15-21H2,1-14H3/b12-11+,19-14+,22-13-,44-20-;42-31+/t21-,23-,24-,25-,29+,34+,35+,39-,43+;22-,23-,24+,25+,26-,27+,28+,29-,30+,32-,33-,34-,35+,36-,38+,39-,40-,41-/m11/s1.